The summed E-state index contributed by atoms with van der Waals surface area (Å²) in [6, 6.07) is 9.72. The zero-order valence-electron chi connectivity index (χ0n) is 14.6. The zero-order valence-corrected chi connectivity index (χ0v) is 14.6. The fraction of sp³-hybridized carbons (Fsp3) is 0.368. The number of fused-ring (bicyclic) bond motifs is 1. The Hall–Kier alpha value is -2.76. The molecule has 2 amide bonds. The van der Waals surface area contributed by atoms with Crippen LogP contribution in [0.4, 0.5) is 4.79 Å². The fourth-order valence-electron chi connectivity index (χ4n) is 3.01. The van der Waals surface area contributed by atoms with E-state index in [-0.39, 0.29) is 6.03 Å². The first-order valence-electron chi connectivity index (χ1n) is 8.37. The topological polar surface area (TPSA) is 63.7 Å². The van der Waals surface area contributed by atoms with Crippen LogP contribution >= 0.6 is 0 Å². The number of rotatable bonds is 5. The molecule has 6 heteroatoms. The lowest BCUT2D eigenvalue weighted by Gasteiger charge is -2.29. The minimum atomic E-state index is -0.0450. The van der Waals surface area contributed by atoms with Crippen molar-refractivity contribution in [3.05, 3.63) is 53.3 Å². The summed E-state index contributed by atoms with van der Waals surface area (Å²) < 4.78 is 10.7. The van der Waals surface area contributed by atoms with Crippen LogP contribution in [0.5, 0.6) is 11.5 Å². The Morgan fingerprint density at radius 2 is 1.96 bits per heavy atom. The second-order valence-electron chi connectivity index (χ2n) is 5.95. The van der Waals surface area contributed by atoms with E-state index in [4.69, 9.17) is 9.47 Å². The van der Waals surface area contributed by atoms with Gasteiger partial charge in [-0.1, -0.05) is 6.07 Å². The standard InChI is InChI=1S/C19H23N3O3/c1-24-17-11-14-7-10-22(13-15(14)12-18(17)25-2)19(23)21-9-6-16-5-3-4-8-20-16/h3-5,8,11-12H,6-7,9-10,13H2,1-2H3,(H,21,23). The molecule has 25 heavy (non-hydrogen) atoms. The maximum atomic E-state index is 12.4. The Balaban J connectivity index is 1.59. The Kier molecular flexibility index (Phi) is 5.38. The summed E-state index contributed by atoms with van der Waals surface area (Å²) in [6.07, 6.45) is 3.30. The van der Waals surface area contributed by atoms with Gasteiger partial charge in [-0.15, -0.1) is 0 Å². The van der Waals surface area contributed by atoms with Gasteiger partial charge in [-0.25, -0.2) is 4.79 Å². The van der Waals surface area contributed by atoms with Crippen molar-refractivity contribution in [2.24, 2.45) is 0 Å². The predicted molar refractivity (Wildman–Crippen MR) is 95.0 cm³/mol. The maximum Gasteiger partial charge on any atom is 0.317 e. The molecule has 0 saturated carbocycles. The van der Waals surface area contributed by atoms with E-state index in [2.05, 4.69) is 10.3 Å². The van der Waals surface area contributed by atoms with E-state index in [1.807, 2.05) is 35.2 Å². The minimum Gasteiger partial charge on any atom is -0.493 e. The van der Waals surface area contributed by atoms with Crippen molar-refractivity contribution < 1.29 is 14.3 Å². The Labute approximate surface area is 147 Å². The quantitative estimate of drug-likeness (QED) is 0.907. The normalized spacial score (nSPS) is 13.1. The van der Waals surface area contributed by atoms with Crippen molar-refractivity contribution in [3.63, 3.8) is 0 Å². The van der Waals surface area contributed by atoms with Gasteiger partial charge in [0.25, 0.3) is 0 Å². The smallest absolute Gasteiger partial charge is 0.317 e. The molecule has 0 unspecified atom stereocenters. The van der Waals surface area contributed by atoms with Gasteiger partial charge in [0.05, 0.1) is 14.2 Å². The highest BCUT2D eigenvalue weighted by Crippen LogP contribution is 2.33. The van der Waals surface area contributed by atoms with Gasteiger partial charge in [0.1, 0.15) is 0 Å². The number of hydrogen-bond donors (Lipinski definition) is 1. The van der Waals surface area contributed by atoms with E-state index in [1.165, 1.54) is 5.56 Å². The molecule has 0 atom stereocenters. The van der Waals surface area contributed by atoms with Crippen LogP contribution in [-0.2, 0) is 19.4 Å². The molecule has 3 rings (SSSR count). The zero-order chi connectivity index (χ0) is 17.6. The highest BCUT2D eigenvalue weighted by atomic mass is 16.5. The van der Waals surface area contributed by atoms with E-state index in [1.54, 1.807) is 20.4 Å². The molecule has 132 valence electrons. The van der Waals surface area contributed by atoms with Gasteiger partial charge in [-0.2, -0.15) is 0 Å². The maximum absolute atomic E-state index is 12.4. The molecule has 0 bridgehead atoms. The lowest BCUT2D eigenvalue weighted by atomic mass is 9.99. The van der Waals surface area contributed by atoms with Crippen LogP contribution in [-0.4, -0.2) is 43.2 Å². The molecular weight excluding hydrogens is 318 g/mol. The van der Waals surface area contributed by atoms with Crippen molar-refractivity contribution in [2.75, 3.05) is 27.3 Å². The van der Waals surface area contributed by atoms with Crippen LogP contribution in [0.2, 0.25) is 0 Å². The Morgan fingerprint density at radius 3 is 2.64 bits per heavy atom. The lowest BCUT2D eigenvalue weighted by Crippen LogP contribution is -2.43. The molecule has 6 nitrogen and oxygen atoms in total. The van der Waals surface area contributed by atoms with E-state index < -0.39 is 0 Å². The van der Waals surface area contributed by atoms with Gasteiger partial charge in [-0.05, 0) is 41.8 Å². The molecule has 1 aromatic heterocycles. The Bertz CT molecular complexity index is 734. The van der Waals surface area contributed by atoms with E-state index in [0.29, 0.717) is 25.4 Å². The summed E-state index contributed by atoms with van der Waals surface area (Å²) in [6.45, 7) is 1.84. The molecule has 0 radical (unpaired) electrons. The number of hydrogen-bond acceptors (Lipinski definition) is 4. The van der Waals surface area contributed by atoms with Crippen LogP contribution in [0.3, 0.4) is 0 Å². The molecule has 1 aliphatic rings. The number of carbonyl (C=O) groups excluding carboxylic acids is 1. The van der Waals surface area contributed by atoms with E-state index in [9.17, 15) is 4.79 Å². The molecule has 2 heterocycles. The van der Waals surface area contributed by atoms with Crippen molar-refractivity contribution >= 4 is 6.03 Å². The fourth-order valence-corrected chi connectivity index (χ4v) is 3.01. The molecule has 0 fully saturated rings. The minimum absolute atomic E-state index is 0.0450. The summed E-state index contributed by atoms with van der Waals surface area (Å²) in [5, 5.41) is 2.97. The number of benzene rings is 1. The van der Waals surface area contributed by atoms with Crippen LogP contribution in [0.15, 0.2) is 36.5 Å². The predicted octanol–water partition coefficient (Wildman–Crippen LogP) is 2.41. The number of aromatic nitrogens is 1. The SMILES string of the molecule is COc1cc2c(cc1OC)CN(C(=O)NCCc1ccccn1)CC2. The third-order valence-corrected chi connectivity index (χ3v) is 4.39. The van der Waals surface area contributed by atoms with Crippen molar-refractivity contribution in [1.29, 1.82) is 0 Å². The average Bonchev–Trinajstić information content (AvgIpc) is 2.67. The number of nitrogens with zero attached hydrogens (tertiary/aromatic N) is 2. The highest BCUT2D eigenvalue weighted by molar-refractivity contribution is 5.74. The second-order valence-corrected chi connectivity index (χ2v) is 5.95. The second kappa shape index (κ2) is 7.88. The van der Waals surface area contributed by atoms with Crippen molar-refractivity contribution in [1.82, 2.24) is 15.2 Å². The summed E-state index contributed by atoms with van der Waals surface area (Å²) in [5.41, 5.74) is 3.28. The third kappa shape index (κ3) is 4.02. The van der Waals surface area contributed by atoms with Crippen LogP contribution in [0, 0.1) is 0 Å². The average molecular weight is 341 g/mol. The van der Waals surface area contributed by atoms with Gasteiger partial charge in [-0.3, -0.25) is 4.98 Å². The number of pyridine rings is 1. The third-order valence-electron chi connectivity index (χ3n) is 4.39. The molecule has 1 aliphatic heterocycles. The monoisotopic (exact) mass is 341 g/mol. The number of amides is 2. The van der Waals surface area contributed by atoms with Crippen molar-refractivity contribution in [3.8, 4) is 11.5 Å². The van der Waals surface area contributed by atoms with Gasteiger partial charge in [0.2, 0.25) is 0 Å². The summed E-state index contributed by atoms with van der Waals surface area (Å²) >= 11 is 0. The number of methoxy groups -OCH3 is 2. The molecule has 0 spiro atoms. The van der Waals surface area contributed by atoms with Crippen LogP contribution < -0.4 is 14.8 Å². The number of carbonyl (C=O) groups is 1. The lowest BCUT2D eigenvalue weighted by molar-refractivity contribution is 0.192. The molecule has 1 N–H and O–H groups in total. The summed E-state index contributed by atoms with van der Waals surface area (Å²) in [7, 11) is 3.25. The number of nitrogens with one attached hydrogen (secondary N) is 1. The number of urea groups is 1. The van der Waals surface area contributed by atoms with Gasteiger partial charge >= 0.3 is 6.03 Å². The molecule has 2 aromatic rings. The van der Waals surface area contributed by atoms with Crippen LogP contribution in [0.25, 0.3) is 0 Å². The molecular formula is C19H23N3O3. The summed E-state index contributed by atoms with van der Waals surface area (Å²) in [4.78, 5) is 18.5. The first-order chi connectivity index (χ1) is 12.2. The largest absolute Gasteiger partial charge is 0.493 e. The van der Waals surface area contributed by atoms with Gasteiger partial charge < -0.3 is 19.7 Å². The summed E-state index contributed by atoms with van der Waals surface area (Å²) in [5.74, 6) is 1.42. The van der Waals surface area contributed by atoms with Crippen LogP contribution in [0.1, 0.15) is 16.8 Å². The van der Waals surface area contributed by atoms with Gasteiger partial charge in [0.15, 0.2) is 11.5 Å². The van der Waals surface area contributed by atoms with E-state index in [0.717, 1.165) is 29.8 Å². The molecule has 1 aromatic carbocycles. The molecule has 0 aliphatic carbocycles. The first-order valence-corrected chi connectivity index (χ1v) is 8.37. The van der Waals surface area contributed by atoms with Crippen molar-refractivity contribution in [2.45, 2.75) is 19.4 Å². The Morgan fingerprint density at radius 1 is 1.20 bits per heavy atom. The highest BCUT2D eigenvalue weighted by Gasteiger charge is 2.22. The number of ether oxygens (including phenoxy) is 2. The van der Waals surface area contributed by atoms with Gasteiger partial charge in [0, 0.05) is 37.9 Å². The first kappa shape index (κ1) is 17.1. The van der Waals surface area contributed by atoms with E-state index >= 15 is 0 Å². The molecule has 0 saturated heterocycles.